The van der Waals surface area contributed by atoms with E-state index < -0.39 is 27.0 Å². The molecule has 0 atom stereocenters. The Morgan fingerprint density at radius 2 is 1.17 bits per heavy atom. The fraction of sp³-hybridized carbons (Fsp3) is 0. The third-order valence-corrected chi connectivity index (χ3v) is 4.59. The summed E-state index contributed by atoms with van der Waals surface area (Å²) >= 11 is -1.76. The van der Waals surface area contributed by atoms with Gasteiger partial charge < -0.3 is 8.37 Å². The van der Waals surface area contributed by atoms with Gasteiger partial charge >= 0.3 is 0 Å². The van der Waals surface area contributed by atoms with E-state index in [0.29, 0.717) is 5.56 Å². The Balaban J connectivity index is 1.87. The molecular formula is C19H13N3O7S. The number of carbonyl (C=O) groups excluding carboxylic acids is 1. The second kappa shape index (κ2) is 9.39. The maximum atomic E-state index is 12.4. The second-order valence-corrected chi connectivity index (χ2v) is 6.60. The van der Waals surface area contributed by atoms with E-state index in [9.17, 15) is 25.0 Å². The molecule has 0 aliphatic heterocycles. The van der Waals surface area contributed by atoms with Crippen molar-refractivity contribution in [2.45, 2.75) is 0 Å². The summed E-state index contributed by atoms with van der Waals surface area (Å²) in [6.45, 7) is 0. The number of nitro groups is 2. The third kappa shape index (κ3) is 5.45. The lowest BCUT2D eigenvalue weighted by molar-refractivity contribution is -0.385. The first-order chi connectivity index (χ1) is 14.4. The van der Waals surface area contributed by atoms with Crippen LogP contribution in [-0.2, 0) is 11.3 Å². The van der Waals surface area contributed by atoms with Crippen LogP contribution in [0.5, 0.6) is 11.5 Å². The molecule has 30 heavy (non-hydrogen) atoms. The molecule has 0 aromatic heterocycles. The molecule has 10 nitrogen and oxygen atoms in total. The number of non-ortho nitro benzene ring substituents is 2. The van der Waals surface area contributed by atoms with Gasteiger partial charge in [-0.3, -0.25) is 25.0 Å². The smallest absolute Gasteiger partial charge is 0.299 e. The molecule has 0 radical (unpaired) electrons. The number of benzene rings is 3. The lowest BCUT2D eigenvalue weighted by Gasteiger charge is -2.10. The Kier molecular flexibility index (Phi) is 6.45. The molecule has 3 aromatic rings. The lowest BCUT2D eigenvalue weighted by atomic mass is 10.2. The van der Waals surface area contributed by atoms with Gasteiger partial charge in [0.25, 0.3) is 28.5 Å². The molecule has 0 bridgehead atoms. The van der Waals surface area contributed by atoms with Crippen LogP contribution in [0.2, 0.25) is 0 Å². The summed E-state index contributed by atoms with van der Waals surface area (Å²) in [5.74, 6) is -0.214. The molecule has 3 rings (SSSR count). The molecule has 0 N–H and O–H groups in total. The molecule has 0 aliphatic carbocycles. The molecule has 0 spiro atoms. The van der Waals surface area contributed by atoms with E-state index in [2.05, 4.69) is 4.36 Å². The minimum Gasteiger partial charge on any atom is -0.386 e. The summed E-state index contributed by atoms with van der Waals surface area (Å²) in [6, 6.07) is 18.6. The van der Waals surface area contributed by atoms with E-state index in [0.717, 1.165) is 0 Å². The predicted octanol–water partition coefficient (Wildman–Crippen LogP) is 4.43. The van der Waals surface area contributed by atoms with Crippen LogP contribution in [0.1, 0.15) is 10.4 Å². The first kappa shape index (κ1) is 20.6. The maximum Gasteiger partial charge on any atom is 0.299 e. The van der Waals surface area contributed by atoms with Crippen molar-refractivity contribution in [3.8, 4) is 11.5 Å². The Bertz CT molecular complexity index is 1040. The molecule has 0 aliphatic rings. The predicted molar refractivity (Wildman–Crippen MR) is 108 cm³/mol. The molecule has 11 heteroatoms. The van der Waals surface area contributed by atoms with Crippen LogP contribution in [0.3, 0.4) is 0 Å². The molecular weight excluding hydrogens is 414 g/mol. The average Bonchev–Trinajstić information content (AvgIpc) is 2.75. The standard InChI is InChI=1S/C19H13N3O7S/c23-19(14-4-2-1-3-5-14)20-30(28-17-10-6-15(7-11-17)21(24)25)29-18-12-8-16(9-13-18)22(26)27/h1-13H. The number of rotatable bonds is 7. The molecule has 0 heterocycles. The van der Waals surface area contributed by atoms with Crippen LogP contribution in [0.15, 0.2) is 83.2 Å². The fourth-order valence-corrected chi connectivity index (χ4v) is 3.07. The summed E-state index contributed by atoms with van der Waals surface area (Å²) in [5.41, 5.74) is 0.0567. The normalized spacial score (nSPS) is 10.3. The lowest BCUT2D eigenvalue weighted by Crippen LogP contribution is -2.11. The molecule has 0 fully saturated rings. The van der Waals surface area contributed by atoms with Crippen molar-refractivity contribution in [2.75, 3.05) is 0 Å². The van der Waals surface area contributed by atoms with E-state index in [4.69, 9.17) is 8.37 Å². The average molecular weight is 427 g/mol. The van der Waals surface area contributed by atoms with E-state index in [1.807, 2.05) is 0 Å². The van der Waals surface area contributed by atoms with Crippen molar-refractivity contribution < 1.29 is 23.0 Å². The van der Waals surface area contributed by atoms with Crippen molar-refractivity contribution in [2.24, 2.45) is 4.36 Å². The van der Waals surface area contributed by atoms with Gasteiger partial charge in [-0.05, 0) is 36.4 Å². The van der Waals surface area contributed by atoms with Gasteiger partial charge in [-0.25, -0.2) is 0 Å². The van der Waals surface area contributed by atoms with Crippen LogP contribution in [-0.4, -0.2) is 15.8 Å². The van der Waals surface area contributed by atoms with Gasteiger partial charge in [0.15, 0.2) is 0 Å². The molecule has 0 unspecified atom stereocenters. The molecule has 152 valence electrons. The van der Waals surface area contributed by atoms with Gasteiger partial charge in [-0.1, -0.05) is 18.2 Å². The van der Waals surface area contributed by atoms with E-state index in [-0.39, 0.29) is 22.9 Å². The summed E-state index contributed by atoms with van der Waals surface area (Å²) in [4.78, 5) is 32.9. The van der Waals surface area contributed by atoms with Crippen molar-refractivity contribution in [1.29, 1.82) is 0 Å². The highest BCUT2D eigenvalue weighted by Crippen LogP contribution is 2.22. The summed E-state index contributed by atoms with van der Waals surface area (Å²) in [6.07, 6.45) is 0. The minimum atomic E-state index is -1.76. The Morgan fingerprint density at radius 3 is 1.57 bits per heavy atom. The Morgan fingerprint density at radius 1 is 0.733 bits per heavy atom. The van der Waals surface area contributed by atoms with E-state index in [1.165, 1.54) is 48.5 Å². The van der Waals surface area contributed by atoms with Crippen LogP contribution < -0.4 is 8.37 Å². The number of nitro benzene ring substituents is 2. The van der Waals surface area contributed by atoms with Gasteiger partial charge in [0.05, 0.1) is 9.85 Å². The number of hydrogen-bond donors (Lipinski definition) is 0. The molecule has 1 amide bonds. The van der Waals surface area contributed by atoms with Crippen molar-refractivity contribution in [3.05, 3.63) is 105 Å². The SMILES string of the molecule is O=C(N=S(Oc1ccc([N+](=O)[O-])cc1)Oc1ccc([N+](=O)[O-])cc1)c1ccccc1. The summed E-state index contributed by atoms with van der Waals surface area (Å²) in [7, 11) is 0. The Hall–Kier alpha value is -4.12. The van der Waals surface area contributed by atoms with E-state index in [1.54, 1.807) is 30.3 Å². The van der Waals surface area contributed by atoms with Crippen molar-refractivity contribution in [3.63, 3.8) is 0 Å². The van der Waals surface area contributed by atoms with Gasteiger partial charge in [0, 0.05) is 29.8 Å². The fourth-order valence-electron chi connectivity index (χ4n) is 2.17. The summed E-state index contributed by atoms with van der Waals surface area (Å²) < 4.78 is 15.1. The highest BCUT2D eigenvalue weighted by Gasteiger charge is 2.13. The molecule has 0 saturated heterocycles. The van der Waals surface area contributed by atoms with Gasteiger partial charge in [-0.15, -0.1) is 4.36 Å². The topological polar surface area (TPSA) is 134 Å². The van der Waals surface area contributed by atoms with E-state index >= 15 is 0 Å². The Labute approximate surface area is 172 Å². The number of carbonyl (C=O) groups is 1. The third-order valence-electron chi connectivity index (χ3n) is 3.61. The minimum absolute atomic E-state index is 0.129. The van der Waals surface area contributed by atoms with Crippen LogP contribution in [0, 0.1) is 20.2 Å². The van der Waals surface area contributed by atoms with Crippen LogP contribution in [0.4, 0.5) is 11.4 Å². The molecule has 0 saturated carbocycles. The number of nitrogens with zero attached hydrogens (tertiary/aromatic N) is 3. The first-order valence-corrected chi connectivity index (χ1v) is 9.36. The van der Waals surface area contributed by atoms with Gasteiger partial charge in [0.2, 0.25) is 0 Å². The molecule has 3 aromatic carbocycles. The zero-order valence-electron chi connectivity index (χ0n) is 15.1. The van der Waals surface area contributed by atoms with Gasteiger partial charge in [-0.2, -0.15) is 0 Å². The van der Waals surface area contributed by atoms with Gasteiger partial charge in [0.1, 0.15) is 11.5 Å². The zero-order chi connectivity index (χ0) is 21.5. The number of hydrogen-bond acceptors (Lipinski definition) is 7. The number of amides is 1. The van der Waals surface area contributed by atoms with Crippen molar-refractivity contribution in [1.82, 2.24) is 0 Å². The van der Waals surface area contributed by atoms with Crippen molar-refractivity contribution >= 4 is 28.5 Å². The highest BCUT2D eigenvalue weighted by molar-refractivity contribution is 7.78. The first-order valence-electron chi connectivity index (χ1n) is 8.33. The largest absolute Gasteiger partial charge is 0.386 e. The maximum absolute atomic E-state index is 12.4. The quantitative estimate of drug-likeness (QED) is 0.402. The second-order valence-electron chi connectivity index (χ2n) is 5.65. The van der Waals surface area contributed by atoms with Crippen LogP contribution in [0.25, 0.3) is 0 Å². The highest BCUT2D eigenvalue weighted by atomic mass is 32.2. The zero-order valence-corrected chi connectivity index (χ0v) is 15.9. The monoisotopic (exact) mass is 427 g/mol. The summed E-state index contributed by atoms with van der Waals surface area (Å²) in [5, 5.41) is 21.6. The van der Waals surface area contributed by atoms with Crippen LogP contribution >= 0.6 is 0 Å².